The van der Waals surface area contributed by atoms with Crippen LogP contribution >= 0.6 is 11.3 Å². The summed E-state index contributed by atoms with van der Waals surface area (Å²) in [5.74, 6) is 0.672. The van der Waals surface area contributed by atoms with Crippen LogP contribution in [0.2, 0.25) is 0 Å². The molecule has 0 aliphatic carbocycles. The summed E-state index contributed by atoms with van der Waals surface area (Å²) in [5.41, 5.74) is 1.03. The molecule has 1 heterocycles. The zero-order valence-electron chi connectivity index (χ0n) is 14.5. The molecule has 3 N–H and O–H groups in total. The van der Waals surface area contributed by atoms with Gasteiger partial charge in [-0.05, 0) is 37.4 Å². The fourth-order valence-electron chi connectivity index (χ4n) is 2.07. The maximum absolute atomic E-state index is 12.2. The van der Waals surface area contributed by atoms with Crippen LogP contribution < -0.4 is 15.4 Å². The van der Waals surface area contributed by atoms with Crippen molar-refractivity contribution < 1.29 is 8.42 Å². The van der Waals surface area contributed by atoms with Crippen LogP contribution in [0.3, 0.4) is 0 Å². The van der Waals surface area contributed by atoms with E-state index in [9.17, 15) is 8.42 Å². The molecule has 0 unspecified atom stereocenters. The van der Waals surface area contributed by atoms with Crippen LogP contribution in [0.25, 0.3) is 0 Å². The van der Waals surface area contributed by atoms with Crippen LogP contribution in [-0.2, 0) is 16.6 Å². The number of thiophene rings is 1. The van der Waals surface area contributed by atoms with Crippen molar-refractivity contribution in [2.45, 2.75) is 25.3 Å². The van der Waals surface area contributed by atoms with E-state index in [4.69, 9.17) is 0 Å². The molecule has 0 radical (unpaired) electrons. The fourth-order valence-corrected chi connectivity index (χ4v) is 3.73. The minimum Gasteiger partial charge on any atom is -0.357 e. The smallest absolute Gasteiger partial charge is 0.240 e. The van der Waals surface area contributed by atoms with Gasteiger partial charge in [0.2, 0.25) is 10.0 Å². The zero-order chi connectivity index (χ0) is 18.1. The Balaban J connectivity index is 1.83. The predicted octanol–water partition coefficient (Wildman–Crippen LogP) is 2.09. The Labute approximate surface area is 153 Å². The summed E-state index contributed by atoms with van der Waals surface area (Å²) in [6.45, 7) is 5.97. The predicted molar refractivity (Wildman–Crippen MR) is 104 cm³/mol. The van der Waals surface area contributed by atoms with Crippen LogP contribution in [0.15, 0.2) is 51.7 Å². The highest BCUT2D eigenvalue weighted by Crippen LogP contribution is 2.10. The molecular formula is C17H24N4O2S2. The third kappa shape index (κ3) is 6.49. The highest BCUT2D eigenvalue weighted by Gasteiger charge is 2.12. The summed E-state index contributed by atoms with van der Waals surface area (Å²) in [5, 5.41) is 8.30. The molecule has 2 rings (SSSR count). The lowest BCUT2D eigenvalue weighted by atomic mass is 10.2. The van der Waals surface area contributed by atoms with Gasteiger partial charge in [-0.3, -0.25) is 0 Å². The van der Waals surface area contributed by atoms with E-state index in [-0.39, 0.29) is 11.4 Å². The fraction of sp³-hybridized carbons (Fsp3) is 0.353. The molecule has 0 spiro atoms. The van der Waals surface area contributed by atoms with Crippen molar-refractivity contribution >= 4 is 27.3 Å². The molecule has 0 saturated heterocycles. The van der Waals surface area contributed by atoms with Gasteiger partial charge in [0, 0.05) is 24.5 Å². The number of sulfonamides is 1. The van der Waals surface area contributed by atoms with Crippen LogP contribution in [-0.4, -0.2) is 34.0 Å². The summed E-state index contributed by atoms with van der Waals surface area (Å²) in [6, 6.07) is 10.8. The normalized spacial score (nSPS) is 12.2. The standard InChI is InChI=1S/C17H24N4O2S2/c1-3-18-17(20-13-15-5-4-12-24-15)19-10-11-21-25(22,23)16-8-6-14(2)7-9-16/h4-9,12,21H,3,10-11,13H2,1-2H3,(H2,18,19,20). The molecule has 2 aromatic rings. The Kier molecular flexibility index (Phi) is 7.42. The molecule has 0 aliphatic heterocycles. The van der Waals surface area contributed by atoms with Gasteiger partial charge in [-0.15, -0.1) is 11.3 Å². The topological polar surface area (TPSA) is 82.6 Å². The molecule has 0 fully saturated rings. The van der Waals surface area contributed by atoms with E-state index >= 15 is 0 Å². The molecule has 8 heteroatoms. The van der Waals surface area contributed by atoms with Gasteiger partial charge in [0.15, 0.2) is 5.96 Å². The van der Waals surface area contributed by atoms with Gasteiger partial charge in [-0.25, -0.2) is 18.1 Å². The molecule has 1 aromatic heterocycles. The summed E-state index contributed by atoms with van der Waals surface area (Å²) in [6.07, 6.45) is 0. The van der Waals surface area contributed by atoms with Crippen LogP contribution in [0.1, 0.15) is 17.4 Å². The van der Waals surface area contributed by atoms with Gasteiger partial charge < -0.3 is 10.6 Å². The molecule has 6 nitrogen and oxygen atoms in total. The second kappa shape index (κ2) is 9.55. The van der Waals surface area contributed by atoms with E-state index in [0.717, 1.165) is 12.1 Å². The van der Waals surface area contributed by atoms with Crippen molar-refractivity contribution in [1.82, 2.24) is 15.4 Å². The maximum Gasteiger partial charge on any atom is 0.240 e. The Hall–Kier alpha value is -1.90. The second-order valence-corrected chi connectivity index (χ2v) is 8.21. The molecule has 25 heavy (non-hydrogen) atoms. The lowest BCUT2D eigenvalue weighted by molar-refractivity contribution is 0.580. The molecule has 0 bridgehead atoms. The number of hydrogen-bond acceptors (Lipinski definition) is 4. The van der Waals surface area contributed by atoms with Gasteiger partial charge in [-0.1, -0.05) is 23.8 Å². The number of rotatable bonds is 8. The Morgan fingerprint density at radius 2 is 1.88 bits per heavy atom. The first kappa shape index (κ1) is 19.4. The third-order valence-corrected chi connectivity index (χ3v) is 5.70. The van der Waals surface area contributed by atoms with Crippen LogP contribution in [0.5, 0.6) is 0 Å². The van der Waals surface area contributed by atoms with Gasteiger partial charge in [0.1, 0.15) is 0 Å². The number of guanidine groups is 1. The summed E-state index contributed by atoms with van der Waals surface area (Å²) < 4.78 is 27.0. The Bertz CT molecular complexity index is 769. The van der Waals surface area contributed by atoms with E-state index in [0.29, 0.717) is 19.0 Å². The second-order valence-electron chi connectivity index (χ2n) is 5.41. The molecular weight excluding hydrogens is 356 g/mol. The number of nitrogens with zero attached hydrogens (tertiary/aromatic N) is 1. The molecule has 136 valence electrons. The highest BCUT2D eigenvalue weighted by molar-refractivity contribution is 7.89. The first-order chi connectivity index (χ1) is 12.0. The van der Waals surface area contributed by atoms with Gasteiger partial charge >= 0.3 is 0 Å². The summed E-state index contributed by atoms with van der Waals surface area (Å²) in [4.78, 5) is 5.94. The number of benzene rings is 1. The molecule has 0 atom stereocenters. The van der Waals surface area contributed by atoms with Crippen molar-refractivity contribution in [2.24, 2.45) is 4.99 Å². The van der Waals surface area contributed by atoms with E-state index < -0.39 is 10.0 Å². The number of aliphatic imine (C=N–C) groups is 1. The van der Waals surface area contributed by atoms with Crippen molar-refractivity contribution in [2.75, 3.05) is 19.6 Å². The van der Waals surface area contributed by atoms with Gasteiger partial charge in [0.05, 0.1) is 11.4 Å². The Morgan fingerprint density at radius 3 is 2.52 bits per heavy atom. The average molecular weight is 381 g/mol. The zero-order valence-corrected chi connectivity index (χ0v) is 16.1. The minimum absolute atomic E-state index is 0.274. The molecule has 0 aliphatic rings. The average Bonchev–Trinajstić information content (AvgIpc) is 3.10. The maximum atomic E-state index is 12.2. The van der Waals surface area contributed by atoms with Crippen LogP contribution in [0.4, 0.5) is 0 Å². The van der Waals surface area contributed by atoms with Gasteiger partial charge in [0.25, 0.3) is 0 Å². The monoisotopic (exact) mass is 380 g/mol. The lowest BCUT2D eigenvalue weighted by Crippen LogP contribution is -2.41. The van der Waals surface area contributed by atoms with E-state index in [1.807, 2.05) is 31.4 Å². The molecule has 1 aromatic carbocycles. The SMILES string of the molecule is CCNC(=NCc1cccs1)NCCNS(=O)(=O)c1ccc(C)cc1. The number of aryl methyl sites for hydroxylation is 1. The van der Waals surface area contributed by atoms with Crippen LogP contribution in [0, 0.1) is 6.92 Å². The number of nitrogens with one attached hydrogen (secondary N) is 3. The largest absolute Gasteiger partial charge is 0.357 e. The lowest BCUT2D eigenvalue weighted by Gasteiger charge is -2.12. The summed E-state index contributed by atoms with van der Waals surface area (Å²) in [7, 11) is -3.48. The molecule has 0 saturated carbocycles. The van der Waals surface area contributed by atoms with Crippen molar-refractivity contribution in [3.8, 4) is 0 Å². The Morgan fingerprint density at radius 1 is 1.12 bits per heavy atom. The van der Waals surface area contributed by atoms with E-state index in [2.05, 4.69) is 20.3 Å². The highest BCUT2D eigenvalue weighted by atomic mass is 32.2. The minimum atomic E-state index is -3.48. The van der Waals surface area contributed by atoms with Crippen molar-refractivity contribution in [1.29, 1.82) is 0 Å². The van der Waals surface area contributed by atoms with E-state index in [1.54, 1.807) is 35.6 Å². The first-order valence-corrected chi connectivity index (χ1v) is 10.5. The first-order valence-electron chi connectivity index (χ1n) is 8.12. The van der Waals surface area contributed by atoms with Gasteiger partial charge in [-0.2, -0.15) is 0 Å². The molecule has 0 amide bonds. The van der Waals surface area contributed by atoms with E-state index in [1.165, 1.54) is 4.88 Å². The quantitative estimate of drug-likeness (QED) is 0.372. The third-order valence-electron chi connectivity index (χ3n) is 3.36. The van der Waals surface area contributed by atoms with Crippen molar-refractivity contribution in [3.63, 3.8) is 0 Å². The number of hydrogen-bond donors (Lipinski definition) is 3. The summed E-state index contributed by atoms with van der Waals surface area (Å²) >= 11 is 1.66. The van der Waals surface area contributed by atoms with Crippen molar-refractivity contribution in [3.05, 3.63) is 52.2 Å².